The number of hydrogen-bond acceptors (Lipinski definition) is 7. The van der Waals surface area contributed by atoms with Gasteiger partial charge in [-0.1, -0.05) is 6.92 Å². The molecule has 0 fully saturated rings. The number of benzene rings is 2. The summed E-state index contributed by atoms with van der Waals surface area (Å²) in [5, 5.41) is 6.17. The molecule has 1 aliphatic heterocycles. The molecule has 32 heavy (non-hydrogen) atoms. The van der Waals surface area contributed by atoms with Gasteiger partial charge in [-0.05, 0) is 36.8 Å². The van der Waals surface area contributed by atoms with Crippen LogP contribution in [-0.4, -0.2) is 47.9 Å². The van der Waals surface area contributed by atoms with Crippen molar-refractivity contribution in [3.8, 4) is 11.5 Å². The minimum atomic E-state index is -3.44. The van der Waals surface area contributed by atoms with Gasteiger partial charge in [0.05, 0.1) is 37.4 Å². The molecule has 0 saturated carbocycles. The standard InChI is InChI=1S/C22H28N4O5S/c1-5-17(21-16-12-19(30-2)20(31-3)13-18(16)25-22(21)27)24-14-6-8-15(9-7-14)26(11-10-23)32(4,28)29/h6-9,12-13,24H,5,10-11,23H2,1-4H3,(H,25,27)/b21-17-. The van der Waals surface area contributed by atoms with E-state index in [1.807, 2.05) is 6.92 Å². The lowest BCUT2D eigenvalue weighted by molar-refractivity contribution is -0.110. The minimum absolute atomic E-state index is 0.193. The molecule has 1 heterocycles. The third-order valence-electron chi connectivity index (χ3n) is 5.11. The van der Waals surface area contributed by atoms with E-state index in [-0.39, 0.29) is 19.0 Å². The van der Waals surface area contributed by atoms with Crippen LogP contribution in [0, 0.1) is 0 Å². The monoisotopic (exact) mass is 460 g/mol. The van der Waals surface area contributed by atoms with Crippen molar-refractivity contribution in [1.82, 2.24) is 0 Å². The number of amides is 1. The van der Waals surface area contributed by atoms with E-state index in [0.717, 1.165) is 23.2 Å². The first-order valence-electron chi connectivity index (χ1n) is 10.1. The van der Waals surface area contributed by atoms with Crippen LogP contribution in [0.5, 0.6) is 11.5 Å². The van der Waals surface area contributed by atoms with Gasteiger partial charge < -0.3 is 25.8 Å². The quantitative estimate of drug-likeness (QED) is 0.492. The Hall–Kier alpha value is -3.24. The molecule has 1 aliphatic rings. The number of fused-ring (bicyclic) bond motifs is 1. The number of nitrogens with one attached hydrogen (secondary N) is 2. The molecule has 172 valence electrons. The summed E-state index contributed by atoms with van der Waals surface area (Å²) in [6.07, 6.45) is 1.72. The van der Waals surface area contributed by atoms with Crippen LogP contribution in [0.1, 0.15) is 18.9 Å². The molecule has 0 unspecified atom stereocenters. The Morgan fingerprint density at radius 1 is 1.12 bits per heavy atom. The van der Waals surface area contributed by atoms with Gasteiger partial charge in [0.25, 0.3) is 5.91 Å². The molecule has 0 saturated heterocycles. The van der Waals surface area contributed by atoms with Crippen molar-refractivity contribution in [2.45, 2.75) is 13.3 Å². The van der Waals surface area contributed by atoms with Crippen LogP contribution in [0.2, 0.25) is 0 Å². The summed E-state index contributed by atoms with van der Waals surface area (Å²) in [5.74, 6) is 0.839. The number of carbonyl (C=O) groups excluding carboxylic acids is 1. The smallest absolute Gasteiger partial charge is 0.258 e. The number of nitrogens with zero attached hydrogens (tertiary/aromatic N) is 1. The zero-order valence-electron chi connectivity index (χ0n) is 18.6. The first-order valence-corrected chi connectivity index (χ1v) is 11.9. The molecule has 4 N–H and O–H groups in total. The van der Waals surface area contributed by atoms with E-state index in [4.69, 9.17) is 15.2 Å². The van der Waals surface area contributed by atoms with Crippen LogP contribution in [0.4, 0.5) is 17.1 Å². The molecule has 2 aromatic rings. The van der Waals surface area contributed by atoms with Gasteiger partial charge in [-0.2, -0.15) is 0 Å². The Balaban J connectivity index is 1.96. The van der Waals surface area contributed by atoms with Crippen LogP contribution in [0.25, 0.3) is 5.57 Å². The molecule has 0 bridgehead atoms. The van der Waals surface area contributed by atoms with Crippen molar-refractivity contribution in [3.63, 3.8) is 0 Å². The maximum absolute atomic E-state index is 12.8. The van der Waals surface area contributed by atoms with E-state index >= 15 is 0 Å². The fourth-order valence-electron chi connectivity index (χ4n) is 3.61. The Morgan fingerprint density at radius 3 is 2.28 bits per heavy atom. The van der Waals surface area contributed by atoms with Gasteiger partial charge in [0.2, 0.25) is 10.0 Å². The molecule has 9 nitrogen and oxygen atoms in total. The molecule has 0 aliphatic carbocycles. The highest BCUT2D eigenvalue weighted by Crippen LogP contribution is 2.42. The van der Waals surface area contributed by atoms with E-state index in [0.29, 0.717) is 34.9 Å². The van der Waals surface area contributed by atoms with Crippen molar-refractivity contribution in [2.24, 2.45) is 5.73 Å². The number of rotatable bonds is 9. The summed E-state index contributed by atoms with van der Waals surface area (Å²) in [7, 11) is -0.353. The van der Waals surface area contributed by atoms with Crippen LogP contribution in [0.15, 0.2) is 42.1 Å². The molecule has 0 aromatic heterocycles. The Kier molecular flexibility index (Phi) is 6.95. The van der Waals surface area contributed by atoms with Crippen LogP contribution in [-0.2, 0) is 14.8 Å². The summed E-state index contributed by atoms with van der Waals surface area (Å²) in [4.78, 5) is 12.8. The first kappa shape index (κ1) is 23.4. The molecule has 0 atom stereocenters. The van der Waals surface area contributed by atoms with Crippen molar-refractivity contribution in [2.75, 3.05) is 48.5 Å². The molecular formula is C22H28N4O5S. The lowest BCUT2D eigenvalue weighted by Crippen LogP contribution is -2.34. The highest BCUT2D eigenvalue weighted by molar-refractivity contribution is 7.92. The third kappa shape index (κ3) is 4.66. The molecule has 10 heteroatoms. The van der Waals surface area contributed by atoms with Gasteiger partial charge in [-0.25, -0.2) is 8.42 Å². The largest absolute Gasteiger partial charge is 0.493 e. The first-order chi connectivity index (χ1) is 15.2. The average molecular weight is 461 g/mol. The number of anilines is 3. The SMILES string of the molecule is CC/C(Nc1ccc(N(CCN)S(C)(=O)=O)cc1)=C1/C(=O)Nc2cc(OC)c(OC)cc21. The van der Waals surface area contributed by atoms with E-state index in [9.17, 15) is 13.2 Å². The van der Waals surface area contributed by atoms with Gasteiger partial charge >= 0.3 is 0 Å². The van der Waals surface area contributed by atoms with Crippen molar-refractivity contribution < 1.29 is 22.7 Å². The van der Waals surface area contributed by atoms with Crippen LogP contribution in [0.3, 0.4) is 0 Å². The van der Waals surface area contributed by atoms with E-state index in [1.165, 1.54) is 4.31 Å². The van der Waals surface area contributed by atoms with Crippen molar-refractivity contribution in [1.29, 1.82) is 0 Å². The molecule has 3 rings (SSSR count). The third-order valence-corrected chi connectivity index (χ3v) is 6.30. The second-order valence-corrected chi connectivity index (χ2v) is 9.12. The molecular weight excluding hydrogens is 432 g/mol. The number of allylic oxidation sites excluding steroid dienone is 1. The average Bonchev–Trinajstić information content (AvgIpc) is 3.09. The molecule has 2 aromatic carbocycles. The Morgan fingerprint density at radius 2 is 1.75 bits per heavy atom. The molecule has 1 amide bonds. The van der Waals surface area contributed by atoms with Crippen molar-refractivity contribution >= 4 is 38.6 Å². The number of sulfonamides is 1. The summed E-state index contributed by atoms with van der Waals surface area (Å²) in [6.45, 7) is 2.35. The van der Waals surface area contributed by atoms with Gasteiger partial charge in [-0.3, -0.25) is 9.10 Å². The fourth-order valence-corrected chi connectivity index (χ4v) is 4.55. The maximum Gasteiger partial charge on any atom is 0.258 e. The van der Waals surface area contributed by atoms with Crippen LogP contribution >= 0.6 is 0 Å². The normalized spacial score (nSPS) is 14.5. The van der Waals surface area contributed by atoms with Gasteiger partial charge in [0.1, 0.15) is 0 Å². The number of ether oxygens (including phenoxy) is 2. The zero-order valence-corrected chi connectivity index (χ0v) is 19.4. The van der Waals surface area contributed by atoms with E-state index in [1.54, 1.807) is 50.6 Å². The Bertz CT molecular complexity index is 1140. The summed E-state index contributed by atoms with van der Waals surface area (Å²) in [6, 6.07) is 10.4. The summed E-state index contributed by atoms with van der Waals surface area (Å²) in [5.41, 5.74) is 9.42. The second-order valence-electron chi connectivity index (χ2n) is 7.21. The number of hydrogen-bond donors (Lipinski definition) is 3. The minimum Gasteiger partial charge on any atom is -0.493 e. The molecule has 0 spiro atoms. The second kappa shape index (κ2) is 9.49. The maximum atomic E-state index is 12.8. The lowest BCUT2D eigenvalue weighted by Gasteiger charge is -2.22. The van der Waals surface area contributed by atoms with Gasteiger partial charge in [0, 0.05) is 36.1 Å². The van der Waals surface area contributed by atoms with Gasteiger partial charge in [0.15, 0.2) is 11.5 Å². The molecule has 0 radical (unpaired) electrons. The zero-order chi connectivity index (χ0) is 23.5. The van der Waals surface area contributed by atoms with Gasteiger partial charge in [-0.15, -0.1) is 0 Å². The topological polar surface area (TPSA) is 123 Å². The highest BCUT2D eigenvalue weighted by Gasteiger charge is 2.29. The number of methoxy groups -OCH3 is 2. The predicted octanol–water partition coefficient (Wildman–Crippen LogP) is 2.61. The fraction of sp³-hybridized carbons (Fsp3) is 0.318. The Labute approximate surface area is 188 Å². The number of carbonyl (C=O) groups is 1. The number of nitrogens with two attached hydrogens (primary N) is 1. The van der Waals surface area contributed by atoms with Crippen molar-refractivity contribution in [3.05, 3.63) is 47.7 Å². The van der Waals surface area contributed by atoms with E-state index in [2.05, 4.69) is 10.6 Å². The lowest BCUT2D eigenvalue weighted by atomic mass is 10.0. The summed E-state index contributed by atoms with van der Waals surface area (Å²) < 4.78 is 36.1. The summed E-state index contributed by atoms with van der Waals surface area (Å²) >= 11 is 0. The predicted molar refractivity (Wildman–Crippen MR) is 127 cm³/mol. The van der Waals surface area contributed by atoms with E-state index < -0.39 is 10.0 Å². The van der Waals surface area contributed by atoms with Crippen LogP contribution < -0.4 is 30.1 Å². The highest BCUT2D eigenvalue weighted by atomic mass is 32.2.